The lowest BCUT2D eigenvalue weighted by atomic mass is 10.2. The Kier molecular flexibility index (Phi) is 3.20. The monoisotopic (exact) mass is 236 g/mol. The first-order chi connectivity index (χ1) is 7.61. The van der Waals surface area contributed by atoms with Crippen molar-refractivity contribution in [1.29, 1.82) is 0 Å². The van der Waals surface area contributed by atoms with E-state index in [1.165, 1.54) is 11.1 Å². The second-order valence-corrected chi connectivity index (χ2v) is 4.93. The molecule has 0 unspecified atom stereocenters. The minimum Gasteiger partial charge on any atom is -0.327 e. The molecule has 0 aliphatic heterocycles. The molecule has 0 radical (unpaired) electrons. The number of hydrogen-bond acceptors (Lipinski definition) is 1. The molecular formula is C13H17ClN2. The first-order valence-electron chi connectivity index (χ1n) is 5.63. The number of alkyl halides is 1. The van der Waals surface area contributed by atoms with Crippen molar-refractivity contribution in [2.24, 2.45) is 5.92 Å². The van der Waals surface area contributed by atoms with Gasteiger partial charge >= 0.3 is 0 Å². The highest BCUT2D eigenvalue weighted by Crippen LogP contribution is 2.20. The maximum atomic E-state index is 5.94. The van der Waals surface area contributed by atoms with Crippen LogP contribution in [0, 0.1) is 12.8 Å². The second kappa shape index (κ2) is 4.46. The zero-order valence-electron chi connectivity index (χ0n) is 10.00. The Hall–Kier alpha value is -1.02. The van der Waals surface area contributed by atoms with Gasteiger partial charge in [-0.15, -0.1) is 11.6 Å². The number of aromatic nitrogens is 2. The van der Waals surface area contributed by atoms with Crippen LogP contribution in [0.2, 0.25) is 0 Å². The van der Waals surface area contributed by atoms with Crippen LogP contribution < -0.4 is 0 Å². The molecule has 0 saturated heterocycles. The third-order valence-corrected chi connectivity index (χ3v) is 2.89. The van der Waals surface area contributed by atoms with Gasteiger partial charge in [0.15, 0.2) is 0 Å². The van der Waals surface area contributed by atoms with E-state index in [0.29, 0.717) is 11.8 Å². The van der Waals surface area contributed by atoms with Gasteiger partial charge in [-0.25, -0.2) is 4.98 Å². The SMILES string of the molecule is Cc1ccc2nc(CCl)n(CC(C)C)c2c1. The van der Waals surface area contributed by atoms with Crippen LogP contribution in [0.1, 0.15) is 25.2 Å². The van der Waals surface area contributed by atoms with E-state index in [-0.39, 0.29) is 0 Å². The van der Waals surface area contributed by atoms with Crippen molar-refractivity contribution in [2.45, 2.75) is 33.2 Å². The lowest BCUT2D eigenvalue weighted by molar-refractivity contribution is 0.522. The number of halogens is 1. The summed E-state index contributed by atoms with van der Waals surface area (Å²) in [6, 6.07) is 6.34. The van der Waals surface area contributed by atoms with E-state index in [4.69, 9.17) is 11.6 Å². The Bertz CT molecular complexity index is 500. The lowest BCUT2D eigenvalue weighted by Crippen LogP contribution is -2.07. The summed E-state index contributed by atoms with van der Waals surface area (Å²) < 4.78 is 2.24. The average molecular weight is 237 g/mol. The van der Waals surface area contributed by atoms with Gasteiger partial charge in [0.1, 0.15) is 5.82 Å². The van der Waals surface area contributed by atoms with E-state index in [2.05, 4.69) is 48.5 Å². The molecule has 1 aromatic heterocycles. The number of imidazole rings is 1. The summed E-state index contributed by atoms with van der Waals surface area (Å²) in [6.07, 6.45) is 0. The minimum atomic E-state index is 0.473. The number of rotatable bonds is 3. The zero-order chi connectivity index (χ0) is 11.7. The lowest BCUT2D eigenvalue weighted by Gasteiger charge is -2.10. The Morgan fingerprint density at radius 2 is 2.12 bits per heavy atom. The smallest absolute Gasteiger partial charge is 0.124 e. The number of aryl methyl sites for hydroxylation is 1. The molecule has 0 atom stereocenters. The van der Waals surface area contributed by atoms with Gasteiger partial charge in [0.05, 0.1) is 16.9 Å². The number of benzene rings is 1. The molecule has 1 heterocycles. The molecule has 0 aliphatic carbocycles. The predicted octanol–water partition coefficient (Wildman–Crippen LogP) is 3.74. The van der Waals surface area contributed by atoms with Crippen LogP contribution in [-0.4, -0.2) is 9.55 Å². The van der Waals surface area contributed by atoms with Crippen LogP contribution >= 0.6 is 11.6 Å². The first kappa shape index (κ1) is 11.5. The Morgan fingerprint density at radius 1 is 1.38 bits per heavy atom. The second-order valence-electron chi connectivity index (χ2n) is 4.66. The predicted molar refractivity (Wildman–Crippen MR) is 68.9 cm³/mol. The summed E-state index contributed by atoms with van der Waals surface area (Å²) in [7, 11) is 0. The summed E-state index contributed by atoms with van der Waals surface area (Å²) in [4.78, 5) is 4.56. The standard InChI is InChI=1S/C13H17ClN2/c1-9(2)8-16-12-6-10(3)4-5-11(12)15-13(16)7-14/h4-6,9H,7-8H2,1-3H3. The molecule has 0 fully saturated rings. The fourth-order valence-corrected chi connectivity index (χ4v) is 2.16. The normalized spacial score (nSPS) is 11.6. The molecule has 86 valence electrons. The Labute approximate surface area is 101 Å². The van der Waals surface area contributed by atoms with Gasteiger partial charge < -0.3 is 4.57 Å². The van der Waals surface area contributed by atoms with Crippen LogP contribution in [0.5, 0.6) is 0 Å². The third-order valence-electron chi connectivity index (χ3n) is 2.65. The van der Waals surface area contributed by atoms with Gasteiger partial charge in [-0.05, 0) is 30.5 Å². The van der Waals surface area contributed by atoms with E-state index in [1.807, 2.05) is 0 Å². The molecule has 0 bridgehead atoms. The number of hydrogen-bond donors (Lipinski definition) is 0. The molecule has 0 spiro atoms. The fourth-order valence-electron chi connectivity index (χ4n) is 1.95. The number of fused-ring (bicyclic) bond motifs is 1. The summed E-state index contributed by atoms with van der Waals surface area (Å²) in [5.41, 5.74) is 3.50. The first-order valence-corrected chi connectivity index (χ1v) is 6.17. The fraction of sp³-hybridized carbons (Fsp3) is 0.462. The van der Waals surface area contributed by atoms with Crippen LogP contribution in [0.15, 0.2) is 18.2 Å². The van der Waals surface area contributed by atoms with Gasteiger partial charge in [-0.2, -0.15) is 0 Å². The molecule has 2 nitrogen and oxygen atoms in total. The van der Waals surface area contributed by atoms with Crippen LogP contribution in [0.3, 0.4) is 0 Å². The summed E-state index contributed by atoms with van der Waals surface area (Å²) in [5, 5.41) is 0. The van der Waals surface area contributed by atoms with Crippen molar-refractivity contribution in [1.82, 2.24) is 9.55 Å². The van der Waals surface area contributed by atoms with E-state index < -0.39 is 0 Å². The van der Waals surface area contributed by atoms with E-state index in [1.54, 1.807) is 0 Å². The van der Waals surface area contributed by atoms with E-state index in [0.717, 1.165) is 17.9 Å². The van der Waals surface area contributed by atoms with Crippen molar-refractivity contribution in [2.75, 3.05) is 0 Å². The molecule has 2 rings (SSSR count). The van der Waals surface area contributed by atoms with Crippen molar-refractivity contribution >= 4 is 22.6 Å². The summed E-state index contributed by atoms with van der Waals surface area (Å²) in [5.74, 6) is 2.04. The van der Waals surface area contributed by atoms with Gasteiger partial charge in [0.25, 0.3) is 0 Å². The van der Waals surface area contributed by atoms with Crippen LogP contribution in [-0.2, 0) is 12.4 Å². The van der Waals surface area contributed by atoms with Gasteiger partial charge in [-0.3, -0.25) is 0 Å². The minimum absolute atomic E-state index is 0.473. The quantitative estimate of drug-likeness (QED) is 0.743. The molecule has 0 N–H and O–H groups in total. The molecule has 16 heavy (non-hydrogen) atoms. The maximum absolute atomic E-state index is 5.94. The van der Waals surface area contributed by atoms with Gasteiger partial charge in [0, 0.05) is 6.54 Å². The Balaban J connectivity index is 2.60. The highest BCUT2D eigenvalue weighted by Gasteiger charge is 2.10. The molecule has 0 saturated carbocycles. The topological polar surface area (TPSA) is 17.8 Å². The third kappa shape index (κ3) is 2.07. The van der Waals surface area contributed by atoms with Crippen molar-refractivity contribution in [3.63, 3.8) is 0 Å². The number of nitrogens with zero attached hydrogens (tertiary/aromatic N) is 2. The Morgan fingerprint density at radius 3 is 2.75 bits per heavy atom. The highest BCUT2D eigenvalue weighted by molar-refractivity contribution is 6.16. The van der Waals surface area contributed by atoms with E-state index in [9.17, 15) is 0 Å². The van der Waals surface area contributed by atoms with Crippen molar-refractivity contribution in [3.8, 4) is 0 Å². The van der Waals surface area contributed by atoms with E-state index >= 15 is 0 Å². The average Bonchev–Trinajstić information content (AvgIpc) is 2.56. The summed E-state index contributed by atoms with van der Waals surface area (Å²) in [6.45, 7) is 7.49. The molecule has 1 aromatic carbocycles. The molecular weight excluding hydrogens is 220 g/mol. The molecule has 0 amide bonds. The van der Waals surface area contributed by atoms with Crippen LogP contribution in [0.25, 0.3) is 11.0 Å². The molecule has 0 aliphatic rings. The summed E-state index contributed by atoms with van der Waals surface area (Å²) >= 11 is 5.94. The van der Waals surface area contributed by atoms with Gasteiger partial charge in [0.2, 0.25) is 0 Å². The van der Waals surface area contributed by atoms with Crippen LogP contribution in [0.4, 0.5) is 0 Å². The molecule has 2 aromatic rings. The maximum Gasteiger partial charge on any atom is 0.124 e. The van der Waals surface area contributed by atoms with Gasteiger partial charge in [-0.1, -0.05) is 19.9 Å². The highest BCUT2D eigenvalue weighted by atomic mass is 35.5. The van der Waals surface area contributed by atoms with Crippen molar-refractivity contribution < 1.29 is 0 Å². The largest absolute Gasteiger partial charge is 0.327 e. The van der Waals surface area contributed by atoms with Crippen molar-refractivity contribution in [3.05, 3.63) is 29.6 Å². The molecule has 3 heteroatoms. The zero-order valence-corrected chi connectivity index (χ0v) is 10.8.